The second-order valence-electron chi connectivity index (χ2n) is 5.49. The first-order chi connectivity index (χ1) is 10.1. The van der Waals surface area contributed by atoms with Gasteiger partial charge in [0.05, 0.1) is 17.3 Å². The van der Waals surface area contributed by atoms with Gasteiger partial charge >= 0.3 is 0 Å². The highest BCUT2D eigenvalue weighted by Crippen LogP contribution is 2.25. The molecule has 5 nitrogen and oxygen atoms in total. The molecule has 2 amide bonds. The van der Waals surface area contributed by atoms with Gasteiger partial charge in [0.1, 0.15) is 0 Å². The number of carbonyl (C=O) groups is 2. The van der Waals surface area contributed by atoms with E-state index in [1.165, 1.54) is 0 Å². The molecule has 1 atom stereocenters. The van der Waals surface area contributed by atoms with Crippen molar-refractivity contribution in [3.63, 3.8) is 0 Å². The summed E-state index contributed by atoms with van der Waals surface area (Å²) in [5.41, 5.74) is 6.96. The predicted octanol–water partition coefficient (Wildman–Crippen LogP) is 2.24. The molecule has 0 aromatic heterocycles. The van der Waals surface area contributed by atoms with Gasteiger partial charge in [-0.15, -0.1) is 0 Å². The molecule has 1 aliphatic heterocycles. The second-order valence-corrected chi connectivity index (χ2v) is 5.49. The van der Waals surface area contributed by atoms with Crippen LogP contribution in [0, 0.1) is 5.92 Å². The molecule has 1 aliphatic rings. The summed E-state index contributed by atoms with van der Waals surface area (Å²) in [7, 11) is 0. The molecule has 0 saturated carbocycles. The van der Waals surface area contributed by atoms with Gasteiger partial charge in [0.2, 0.25) is 11.8 Å². The number of carbonyl (C=O) groups excluding carboxylic acids is 2. The molecular formula is C16H23N3O2. The molecule has 1 saturated heterocycles. The van der Waals surface area contributed by atoms with Crippen LogP contribution in [0.25, 0.3) is 0 Å². The minimum Gasteiger partial charge on any atom is -0.397 e. The van der Waals surface area contributed by atoms with Crippen LogP contribution in [0.3, 0.4) is 0 Å². The molecular weight excluding hydrogens is 266 g/mol. The van der Waals surface area contributed by atoms with Crippen LogP contribution in [0.2, 0.25) is 0 Å². The first-order valence-corrected chi connectivity index (χ1v) is 7.51. The van der Waals surface area contributed by atoms with Crippen LogP contribution >= 0.6 is 0 Å². The van der Waals surface area contributed by atoms with Gasteiger partial charge in [0, 0.05) is 19.0 Å². The van der Waals surface area contributed by atoms with Crippen LogP contribution in [-0.2, 0) is 9.59 Å². The summed E-state index contributed by atoms with van der Waals surface area (Å²) in [6.45, 7) is 4.64. The number of nitrogen functional groups attached to an aromatic ring is 1. The zero-order valence-corrected chi connectivity index (χ0v) is 12.6. The van der Waals surface area contributed by atoms with Crippen molar-refractivity contribution in [2.45, 2.75) is 39.2 Å². The summed E-state index contributed by atoms with van der Waals surface area (Å²) in [5.74, 6) is -0.350. The molecule has 1 aromatic rings. The lowest BCUT2D eigenvalue weighted by molar-refractivity contribution is -0.130. The van der Waals surface area contributed by atoms with E-state index >= 15 is 0 Å². The Balaban J connectivity index is 2.02. The molecule has 21 heavy (non-hydrogen) atoms. The summed E-state index contributed by atoms with van der Waals surface area (Å²) in [4.78, 5) is 26.2. The van der Waals surface area contributed by atoms with E-state index in [0.717, 1.165) is 12.8 Å². The molecule has 0 spiro atoms. The van der Waals surface area contributed by atoms with Crippen LogP contribution in [0.1, 0.15) is 33.1 Å². The summed E-state index contributed by atoms with van der Waals surface area (Å²) >= 11 is 0. The molecule has 5 heteroatoms. The standard InChI is InChI=1S/C16H23N3O2/c1-3-12(4-2)19-10-11(9-15(19)20)16(21)18-14-8-6-5-7-13(14)17/h5-8,11-12H,3-4,9-10,17H2,1-2H3,(H,18,21). The summed E-state index contributed by atoms with van der Waals surface area (Å²) in [6.07, 6.45) is 2.12. The van der Waals surface area contributed by atoms with Crippen LogP contribution in [0.15, 0.2) is 24.3 Å². The molecule has 0 radical (unpaired) electrons. The van der Waals surface area contributed by atoms with Crippen molar-refractivity contribution in [2.24, 2.45) is 5.92 Å². The van der Waals surface area contributed by atoms with E-state index in [1.807, 2.05) is 17.0 Å². The maximum absolute atomic E-state index is 12.3. The molecule has 2 rings (SSSR count). The maximum atomic E-state index is 12.3. The zero-order chi connectivity index (χ0) is 15.4. The average molecular weight is 289 g/mol. The van der Waals surface area contributed by atoms with Gasteiger partial charge in [-0.3, -0.25) is 9.59 Å². The van der Waals surface area contributed by atoms with Gasteiger partial charge in [0.25, 0.3) is 0 Å². The number of para-hydroxylation sites is 2. The van der Waals surface area contributed by atoms with E-state index < -0.39 is 0 Å². The lowest BCUT2D eigenvalue weighted by Crippen LogP contribution is -2.36. The SMILES string of the molecule is CCC(CC)N1CC(C(=O)Nc2ccccc2N)CC1=O. The molecule has 1 aromatic carbocycles. The fourth-order valence-corrected chi connectivity index (χ4v) is 2.84. The number of amides is 2. The van der Waals surface area contributed by atoms with Crippen molar-refractivity contribution in [1.82, 2.24) is 4.90 Å². The minimum atomic E-state index is -0.294. The smallest absolute Gasteiger partial charge is 0.229 e. The number of anilines is 2. The Bertz CT molecular complexity index is 526. The zero-order valence-electron chi connectivity index (χ0n) is 12.6. The third-order valence-corrected chi connectivity index (χ3v) is 4.13. The van der Waals surface area contributed by atoms with Gasteiger partial charge in [-0.25, -0.2) is 0 Å². The molecule has 114 valence electrons. The van der Waals surface area contributed by atoms with Crippen LogP contribution in [0.5, 0.6) is 0 Å². The van der Waals surface area contributed by atoms with E-state index in [2.05, 4.69) is 19.2 Å². The number of likely N-dealkylation sites (tertiary alicyclic amines) is 1. The summed E-state index contributed by atoms with van der Waals surface area (Å²) in [5, 5.41) is 2.83. The van der Waals surface area contributed by atoms with Gasteiger partial charge < -0.3 is 16.0 Å². The number of hydrogen-bond donors (Lipinski definition) is 2. The Labute approximate surface area is 125 Å². The van der Waals surface area contributed by atoms with Crippen LogP contribution < -0.4 is 11.1 Å². The number of benzene rings is 1. The van der Waals surface area contributed by atoms with E-state index in [4.69, 9.17) is 5.73 Å². The Hall–Kier alpha value is -2.04. The molecule has 1 fully saturated rings. The first kappa shape index (κ1) is 15.4. The number of hydrogen-bond acceptors (Lipinski definition) is 3. The molecule has 1 unspecified atom stereocenters. The molecule has 0 bridgehead atoms. The van der Waals surface area contributed by atoms with Crippen molar-refractivity contribution in [2.75, 3.05) is 17.6 Å². The lowest BCUT2D eigenvalue weighted by atomic mass is 10.1. The first-order valence-electron chi connectivity index (χ1n) is 7.51. The summed E-state index contributed by atoms with van der Waals surface area (Å²) in [6, 6.07) is 7.38. The third-order valence-electron chi connectivity index (χ3n) is 4.13. The second kappa shape index (κ2) is 6.61. The number of nitrogens with zero attached hydrogens (tertiary/aromatic N) is 1. The highest BCUT2D eigenvalue weighted by atomic mass is 16.2. The average Bonchev–Trinajstić information content (AvgIpc) is 2.85. The van der Waals surface area contributed by atoms with Gasteiger partial charge in [-0.1, -0.05) is 26.0 Å². The highest BCUT2D eigenvalue weighted by Gasteiger charge is 2.36. The lowest BCUT2D eigenvalue weighted by Gasteiger charge is -2.26. The molecule has 0 aliphatic carbocycles. The van der Waals surface area contributed by atoms with Crippen LogP contribution in [0.4, 0.5) is 11.4 Å². The quantitative estimate of drug-likeness (QED) is 0.816. The number of nitrogens with two attached hydrogens (primary N) is 1. The fourth-order valence-electron chi connectivity index (χ4n) is 2.84. The van der Waals surface area contributed by atoms with Crippen molar-refractivity contribution in [1.29, 1.82) is 0 Å². The van der Waals surface area contributed by atoms with Gasteiger partial charge in [-0.2, -0.15) is 0 Å². The Kier molecular flexibility index (Phi) is 4.83. The fraction of sp³-hybridized carbons (Fsp3) is 0.500. The predicted molar refractivity (Wildman–Crippen MR) is 83.7 cm³/mol. The van der Waals surface area contributed by atoms with E-state index in [-0.39, 0.29) is 30.2 Å². The topological polar surface area (TPSA) is 75.4 Å². The normalized spacial score (nSPS) is 18.3. The van der Waals surface area contributed by atoms with Crippen molar-refractivity contribution in [3.05, 3.63) is 24.3 Å². The van der Waals surface area contributed by atoms with Crippen LogP contribution in [-0.4, -0.2) is 29.3 Å². The Morgan fingerprint density at radius 1 is 1.38 bits per heavy atom. The van der Waals surface area contributed by atoms with E-state index in [0.29, 0.717) is 17.9 Å². The number of rotatable bonds is 5. The van der Waals surface area contributed by atoms with E-state index in [9.17, 15) is 9.59 Å². The number of nitrogens with one attached hydrogen (secondary N) is 1. The third kappa shape index (κ3) is 3.35. The molecule has 3 N–H and O–H groups in total. The van der Waals surface area contributed by atoms with Crippen molar-refractivity contribution >= 4 is 23.2 Å². The van der Waals surface area contributed by atoms with Crippen molar-refractivity contribution in [3.8, 4) is 0 Å². The summed E-state index contributed by atoms with van der Waals surface area (Å²) < 4.78 is 0. The van der Waals surface area contributed by atoms with Crippen molar-refractivity contribution < 1.29 is 9.59 Å². The highest BCUT2D eigenvalue weighted by molar-refractivity contribution is 5.99. The monoisotopic (exact) mass is 289 g/mol. The van der Waals surface area contributed by atoms with Gasteiger partial charge in [-0.05, 0) is 25.0 Å². The van der Waals surface area contributed by atoms with Gasteiger partial charge in [0.15, 0.2) is 0 Å². The van der Waals surface area contributed by atoms with E-state index in [1.54, 1.807) is 12.1 Å². The Morgan fingerprint density at radius 2 is 2.05 bits per heavy atom. The Morgan fingerprint density at radius 3 is 2.67 bits per heavy atom. The largest absolute Gasteiger partial charge is 0.397 e. The molecule has 1 heterocycles. The maximum Gasteiger partial charge on any atom is 0.229 e. The minimum absolute atomic E-state index is 0.0740.